The highest BCUT2D eigenvalue weighted by Gasteiger charge is 2.28. The number of piperazine rings is 1. The molecule has 0 saturated carbocycles. The third-order valence-corrected chi connectivity index (χ3v) is 3.13. The molecular weight excluding hydrogens is 244 g/mol. The maximum Gasteiger partial charge on any atom is 0.308 e. The van der Waals surface area contributed by atoms with Crippen molar-refractivity contribution in [2.45, 2.75) is 19.1 Å². The second-order valence-corrected chi connectivity index (χ2v) is 4.62. The van der Waals surface area contributed by atoms with Crippen LogP contribution >= 0.6 is 0 Å². The third kappa shape index (κ3) is 3.79. The van der Waals surface area contributed by atoms with Crippen LogP contribution in [-0.2, 0) is 20.9 Å². The first-order valence-electron chi connectivity index (χ1n) is 6.35. The fourth-order valence-corrected chi connectivity index (χ4v) is 1.99. The molecule has 1 heterocycles. The Morgan fingerprint density at radius 2 is 2.16 bits per heavy atom. The zero-order chi connectivity index (χ0) is 13.7. The van der Waals surface area contributed by atoms with Crippen molar-refractivity contribution in [3.05, 3.63) is 35.9 Å². The minimum absolute atomic E-state index is 0.0529. The molecule has 0 radical (unpaired) electrons. The van der Waals surface area contributed by atoms with Crippen LogP contribution in [0.5, 0.6) is 0 Å². The molecule has 1 saturated heterocycles. The second kappa shape index (κ2) is 6.33. The van der Waals surface area contributed by atoms with Gasteiger partial charge in [-0.3, -0.25) is 9.59 Å². The molecule has 102 valence electrons. The number of nitrogens with zero attached hydrogens (tertiary/aromatic N) is 1. The van der Waals surface area contributed by atoms with Gasteiger partial charge < -0.3 is 15.0 Å². The van der Waals surface area contributed by atoms with E-state index in [1.807, 2.05) is 30.3 Å². The average molecular weight is 262 g/mol. The van der Waals surface area contributed by atoms with Crippen LogP contribution in [0.25, 0.3) is 0 Å². The van der Waals surface area contributed by atoms with Crippen molar-refractivity contribution in [3.8, 4) is 0 Å². The Hall–Kier alpha value is -1.88. The summed E-state index contributed by atoms with van der Waals surface area (Å²) in [5.41, 5.74) is 0.941. The Morgan fingerprint density at radius 1 is 1.42 bits per heavy atom. The number of hydrogen-bond donors (Lipinski definition) is 1. The lowest BCUT2D eigenvalue weighted by Crippen LogP contribution is -2.54. The van der Waals surface area contributed by atoms with Gasteiger partial charge in [0, 0.05) is 20.1 Å². The molecule has 1 aliphatic rings. The van der Waals surface area contributed by atoms with Gasteiger partial charge in [0.05, 0.1) is 12.5 Å². The van der Waals surface area contributed by atoms with Gasteiger partial charge in [0.25, 0.3) is 0 Å². The van der Waals surface area contributed by atoms with Gasteiger partial charge in [0.1, 0.15) is 6.61 Å². The number of carbonyl (C=O) groups is 2. The van der Waals surface area contributed by atoms with Crippen LogP contribution in [0.4, 0.5) is 0 Å². The van der Waals surface area contributed by atoms with E-state index in [9.17, 15) is 9.59 Å². The monoisotopic (exact) mass is 262 g/mol. The summed E-state index contributed by atoms with van der Waals surface area (Å²) < 4.78 is 5.16. The maximum absolute atomic E-state index is 11.8. The SMILES string of the molecule is CN1CCNC(CC(=O)OCc2ccccc2)C1=O. The van der Waals surface area contributed by atoms with Gasteiger partial charge >= 0.3 is 5.97 Å². The molecule has 1 aromatic rings. The maximum atomic E-state index is 11.8. The Kier molecular flexibility index (Phi) is 4.52. The van der Waals surface area contributed by atoms with Crippen LogP contribution in [0.3, 0.4) is 0 Å². The molecule has 1 atom stereocenters. The van der Waals surface area contributed by atoms with E-state index >= 15 is 0 Å². The van der Waals surface area contributed by atoms with Crippen LogP contribution in [0, 0.1) is 0 Å². The predicted molar refractivity (Wildman–Crippen MR) is 70.3 cm³/mol. The smallest absolute Gasteiger partial charge is 0.308 e. The van der Waals surface area contributed by atoms with E-state index in [1.165, 1.54) is 0 Å². The molecule has 2 rings (SSSR count). The molecule has 1 amide bonds. The summed E-state index contributed by atoms with van der Waals surface area (Å²) in [6, 6.07) is 9.03. The normalized spacial score (nSPS) is 19.3. The Bertz CT molecular complexity index is 447. The molecule has 1 unspecified atom stereocenters. The van der Waals surface area contributed by atoms with Crippen LogP contribution < -0.4 is 5.32 Å². The summed E-state index contributed by atoms with van der Waals surface area (Å²) in [4.78, 5) is 25.1. The van der Waals surface area contributed by atoms with Crippen LogP contribution in [0.1, 0.15) is 12.0 Å². The standard InChI is InChI=1S/C14H18N2O3/c1-16-8-7-15-12(14(16)18)9-13(17)19-10-11-5-3-2-4-6-11/h2-6,12,15H,7-10H2,1H3. The largest absolute Gasteiger partial charge is 0.461 e. The number of ether oxygens (including phenoxy) is 1. The highest BCUT2D eigenvalue weighted by atomic mass is 16.5. The molecular formula is C14H18N2O3. The first-order chi connectivity index (χ1) is 9.16. The number of nitrogens with one attached hydrogen (secondary N) is 1. The minimum atomic E-state index is -0.456. The molecule has 1 aromatic carbocycles. The second-order valence-electron chi connectivity index (χ2n) is 4.62. The first-order valence-corrected chi connectivity index (χ1v) is 6.35. The average Bonchev–Trinajstić information content (AvgIpc) is 2.43. The lowest BCUT2D eigenvalue weighted by molar-refractivity contribution is -0.149. The minimum Gasteiger partial charge on any atom is -0.461 e. The van der Waals surface area contributed by atoms with Gasteiger partial charge in [-0.2, -0.15) is 0 Å². The number of hydrogen-bond acceptors (Lipinski definition) is 4. The zero-order valence-electron chi connectivity index (χ0n) is 11.0. The van der Waals surface area contributed by atoms with Crippen molar-refractivity contribution < 1.29 is 14.3 Å². The van der Waals surface area contributed by atoms with Gasteiger partial charge in [-0.15, -0.1) is 0 Å². The van der Waals surface area contributed by atoms with Gasteiger partial charge in [-0.25, -0.2) is 0 Å². The molecule has 1 N–H and O–H groups in total. The molecule has 0 aromatic heterocycles. The van der Waals surface area contributed by atoms with Crippen LogP contribution in [-0.4, -0.2) is 43.0 Å². The van der Waals surface area contributed by atoms with E-state index in [0.29, 0.717) is 13.1 Å². The van der Waals surface area contributed by atoms with Gasteiger partial charge in [-0.1, -0.05) is 30.3 Å². The van der Waals surface area contributed by atoms with Crippen molar-refractivity contribution in [2.75, 3.05) is 20.1 Å². The molecule has 0 aliphatic carbocycles. The fraction of sp³-hybridized carbons (Fsp3) is 0.429. The molecule has 0 bridgehead atoms. The van der Waals surface area contributed by atoms with Crippen molar-refractivity contribution in [3.63, 3.8) is 0 Å². The number of rotatable bonds is 4. The van der Waals surface area contributed by atoms with Crippen LogP contribution in [0.15, 0.2) is 30.3 Å². The van der Waals surface area contributed by atoms with Crippen LogP contribution in [0.2, 0.25) is 0 Å². The van der Waals surface area contributed by atoms with E-state index in [0.717, 1.165) is 5.56 Å². The highest BCUT2D eigenvalue weighted by Crippen LogP contribution is 2.06. The van der Waals surface area contributed by atoms with E-state index in [4.69, 9.17) is 4.74 Å². The van der Waals surface area contributed by atoms with Crippen molar-refractivity contribution in [1.29, 1.82) is 0 Å². The molecule has 19 heavy (non-hydrogen) atoms. The van der Waals surface area contributed by atoms with E-state index < -0.39 is 6.04 Å². The summed E-state index contributed by atoms with van der Waals surface area (Å²) in [6.45, 7) is 1.63. The summed E-state index contributed by atoms with van der Waals surface area (Å²) >= 11 is 0. The first kappa shape index (κ1) is 13.5. The van der Waals surface area contributed by atoms with Gasteiger partial charge in [-0.05, 0) is 5.56 Å². The highest BCUT2D eigenvalue weighted by molar-refractivity contribution is 5.87. The van der Waals surface area contributed by atoms with Gasteiger partial charge in [0.2, 0.25) is 5.91 Å². The molecule has 5 nitrogen and oxygen atoms in total. The summed E-state index contributed by atoms with van der Waals surface area (Å²) in [7, 11) is 1.74. The lowest BCUT2D eigenvalue weighted by atomic mass is 10.1. The van der Waals surface area contributed by atoms with Crippen molar-refractivity contribution in [2.24, 2.45) is 0 Å². The molecule has 0 spiro atoms. The topological polar surface area (TPSA) is 58.6 Å². The quantitative estimate of drug-likeness (QED) is 0.805. The third-order valence-electron chi connectivity index (χ3n) is 3.13. The number of carbonyl (C=O) groups excluding carboxylic acids is 2. The van der Waals surface area contributed by atoms with Crippen molar-refractivity contribution in [1.82, 2.24) is 10.2 Å². The Balaban J connectivity index is 1.79. The van der Waals surface area contributed by atoms with E-state index in [1.54, 1.807) is 11.9 Å². The molecule has 5 heteroatoms. The Morgan fingerprint density at radius 3 is 2.89 bits per heavy atom. The number of amides is 1. The summed E-state index contributed by atoms with van der Waals surface area (Å²) in [5.74, 6) is -0.409. The Labute approximate surface area is 112 Å². The predicted octanol–water partition coefficient (Wildman–Crippen LogP) is 0.550. The van der Waals surface area contributed by atoms with E-state index in [2.05, 4.69) is 5.32 Å². The fourth-order valence-electron chi connectivity index (χ4n) is 1.99. The number of benzene rings is 1. The molecule has 1 aliphatic heterocycles. The van der Waals surface area contributed by atoms with Crippen molar-refractivity contribution >= 4 is 11.9 Å². The summed E-state index contributed by atoms with van der Waals surface area (Å²) in [6.07, 6.45) is 0.0794. The zero-order valence-corrected chi connectivity index (χ0v) is 11.0. The molecule has 1 fully saturated rings. The lowest BCUT2D eigenvalue weighted by Gasteiger charge is -2.29. The summed E-state index contributed by atoms with van der Waals surface area (Å²) in [5, 5.41) is 3.04. The number of likely N-dealkylation sites (N-methyl/N-ethyl adjacent to an activating group) is 1. The van der Waals surface area contributed by atoms with E-state index in [-0.39, 0.29) is 24.9 Å². The number of esters is 1. The van der Waals surface area contributed by atoms with Gasteiger partial charge in [0.15, 0.2) is 0 Å².